The Morgan fingerprint density at radius 1 is 1.35 bits per heavy atom. The normalized spacial score (nSPS) is 11.7. The van der Waals surface area contributed by atoms with Gasteiger partial charge in [-0.25, -0.2) is 4.79 Å². The van der Waals surface area contributed by atoms with Crippen LogP contribution < -0.4 is 4.74 Å². The third-order valence-electron chi connectivity index (χ3n) is 1.94. The Morgan fingerprint density at radius 3 is 2.65 bits per heavy atom. The van der Waals surface area contributed by atoms with Gasteiger partial charge in [-0.15, -0.1) is 24.5 Å². The molecule has 17 heavy (non-hydrogen) atoms. The summed E-state index contributed by atoms with van der Waals surface area (Å²) in [5, 5.41) is 9.17. The van der Waals surface area contributed by atoms with E-state index in [-0.39, 0.29) is 15.3 Å². The minimum atomic E-state index is -4.79. The summed E-state index contributed by atoms with van der Waals surface area (Å²) in [6.07, 6.45) is -4.79. The Morgan fingerprint density at radius 2 is 2.06 bits per heavy atom. The fraction of sp³-hybridized carbons (Fsp3) is 0.100. The number of halogens is 3. The number of thiophene rings is 1. The fourth-order valence-corrected chi connectivity index (χ4v) is 2.30. The van der Waals surface area contributed by atoms with Crippen LogP contribution in [0.5, 0.6) is 5.75 Å². The molecule has 0 saturated carbocycles. The second-order valence-corrected chi connectivity index (χ2v) is 4.19. The van der Waals surface area contributed by atoms with Crippen molar-refractivity contribution in [3.8, 4) is 5.75 Å². The number of fused-ring (bicyclic) bond motifs is 1. The van der Waals surface area contributed by atoms with Gasteiger partial charge in [-0.1, -0.05) is 12.1 Å². The Labute approximate surface area is 97.0 Å². The highest BCUT2D eigenvalue weighted by Gasteiger charge is 2.32. The number of carboxylic acids is 1. The lowest BCUT2D eigenvalue weighted by Gasteiger charge is -2.08. The molecule has 0 atom stereocenters. The zero-order chi connectivity index (χ0) is 12.6. The number of hydrogen-bond acceptors (Lipinski definition) is 3. The summed E-state index contributed by atoms with van der Waals surface area (Å²) >= 11 is 0.748. The summed E-state index contributed by atoms with van der Waals surface area (Å²) in [5.41, 5.74) is 0. The maximum absolute atomic E-state index is 12.1. The van der Waals surface area contributed by atoms with Crippen molar-refractivity contribution >= 4 is 27.4 Å². The van der Waals surface area contributed by atoms with E-state index in [4.69, 9.17) is 5.11 Å². The lowest BCUT2D eigenvalue weighted by molar-refractivity contribution is -0.274. The first-order chi connectivity index (χ1) is 7.87. The summed E-state index contributed by atoms with van der Waals surface area (Å²) in [5.74, 6) is -1.56. The largest absolute Gasteiger partial charge is 0.573 e. The van der Waals surface area contributed by atoms with Crippen molar-refractivity contribution < 1.29 is 27.8 Å². The van der Waals surface area contributed by atoms with Gasteiger partial charge in [0.05, 0.1) is 4.70 Å². The van der Waals surface area contributed by atoms with Crippen molar-refractivity contribution in [2.45, 2.75) is 6.36 Å². The molecule has 1 aromatic carbocycles. The SMILES string of the molecule is O=C(O)c1cc2cccc(OC(F)(F)F)c2s1. The van der Waals surface area contributed by atoms with E-state index >= 15 is 0 Å². The zero-order valence-electron chi connectivity index (χ0n) is 8.12. The number of hydrogen-bond donors (Lipinski definition) is 1. The number of carbonyl (C=O) groups is 1. The van der Waals surface area contributed by atoms with E-state index in [1.165, 1.54) is 18.2 Å². The summed E-state index contributed by atoms with van der Waals surface area (Å²) in [6.45, 7) is 0. The van der Waals surface area contributed by atoms with Gasteiger partial charge in [0.1, 0.15) is 10.6 Å². The molecule has 0 radical (unpaired) electrons. The molecule has 0 unspecified atom stereocenters. The predicted molar refractivity (Wildman–Crippen MR) is 55.5 cm³/mol. The molecule has 0 aliphatic heterocycles. The second-order valence-electron chi connectivity index (χ2n) is 3.14. The van der Waals surface area contributed by atoms with Crippen LogP contribution in [0.2, 0.25) is 0 Å². The molecular weight excluding hydrogens is 257 g/mol. The summed E-state index contributed by atoms with van der Waals surface area (Å²) in [7, 11) is 0. The summed E-state index contributed by atoms with van der Waals surface area (Å²) in [6, 6.07) is 5.37. The molecule has 0 aliphatic carbocycles. The molecule has 7 heteroatoms. The van der Waals surface area contributed by atoms with Crippen molar-refractivity contribution in [3.63, 3.8) is 0 Å². The maximum atomic E-state index is 12.1. The van der Waals surface area contributed by atoms with Gasteiger partial charge in [0.15, 0.2) is 0 Å². The molecular formula is C10H5F3O3S. The van der Waals surface area contributed by atoms with Crippen LogP contribution in [0.1, 0.15) is 9.67 Å². The number of benzene rings is 1. The molecule has 0 spiro atoms. The maximum Gasteiger partial charge on any atom is 0.573 e. The second kappa shape index (κ2) is 3.92. The minimum Gasteiger partial charge on any atom is -0.477 e. The topological polar surface area (TPSA) is 46.5 Å². The molecule has 90 valence electrons. The molecule has 1 N–H and O–H groups in total. The highest BCUT2D eigenvalue weighted by molar-refractivity contribution is 7.21. The van der Waals surface area contributed by atoms with Crippen molar-refractivity contribution in [1.29, 1.82) is 0 Å². The van der Waals surface area contributed by atoms with Crippen LogP contribution in [0.4, 0.5) is 13.2 Å². The highest BCUT2D eigenvalue weighted by Crippen LogP contribution is 2.36. The summed E-state index contributed by atoms with van der Waals surface area (Å²) in [4.78, 5) is 10.7. The molecule has 1 heterocycles. The van der Waals surface area contributed by atoms with Crippen LogP contribution in [0, 0.1) is 0 Å². The smallest absolute Gasteiger partial charge is 0.477 e. The first kappa shape index (κ1) is 11.7. The fourth-order valence-electron chi connectivity index (χ4n) is 1.35. The number of alkyl halides is 3. The molecule has 2 aromatic rings. The first-order valence-corrected chi connectivity index (χ1v) is 5.20. The first-order valence-electron chi connectivity index (χ1n) is 4.38. The van der Waals surface area contributed by atoms with Crippen LogP contribution in [0.15, 0.2) is 24.3 Å². The van der Waals surface area contributed by atoms with Crippen LogP contribution >= 0.6 is 11.3 Å². The van der Waals surface area contributed by atoms with Gasteiger partial charge < -0.3 is 9.84 Å². The average molecular weight is 262 g/mol. The molecule has 0 saturated heterocycles. The van der Waals surface area contributed by atoms with Gasteiger partial charge in [-0.2, -0.15) is 0 Å². The van der Waals surface area contributed by atoms with Crippen molar-refractivity contribution in [3.05, 3.63) is 29.1 Å². The van der Waals surface area contributed by atoms with Crippen LogP contribution in [0.3, 0.4) is 0 Å². The van der Waals surface area contributed by atoms with Gasteiger partial charge in [-0.3, -0.25) is 0 Å². The van der Waals surface area contributed by atoms with Gasteiger partial charge in [0.2, 0.25) is 0 Å². The Bertz CT molecular complexity index is 574. The molecule has 0 bridgehead atoms. The van der Waals surface area contributed by atoms with Gasteiger partial charge in [-0.05, 0) is 17.5 Å². The van der Waals surface area contributed by atoms with E-state index in [0.717, 1.165) is 17.4 Å². The lowest BCUT2D eigenvalue weighted by Crippen LogP contribution is -2.17. The average Bonchev–Trinajstić information content (AvgIpc) is 2.60. The van der Waals surface area contributed by atoms with Crippen molar-refractivity contribution in [2.24, 2.45) is 0 Å². The molecule has 0 aliphatic rings. The van der Waals surface area contributed by atoms with E-state index in [9.17, 15) is 18.0 Å². The number of ether oxygens (including phenoxy) is 1. The van der Waals surface area contributed by atoms with E-state index in [1.807, 2.05) is 0 Å². The molecule has 1 aromatic heterocycles. The number of carboxylic acid groups (broad SMARTS) is 1. The molecule has 3 nitrogen and oxygen atoms in total. The van der Waals surface area contributed by atoms with E-state index in [1.54, 1.807) is 0 Å². The monoisotopic (exact) mass is 262 g/mol. The van der Waals surface area contributed by atoms with E-state index < -0.39 is 12.3 Å². The molecule has 0 fully saturated rings. The van der Waals surface area contributed by atoms with Crippen molar-refractivity contribution in [1.82, 2.24) is 0 Å². The standard InChI is InChI=1S/C10H5F3O3S/c11-10(12,13)16-6-3-1-2-5-4-7(9(14)15)17-8(5)6/h1-4H,(H,14,15). The van der Waals surface area contributed by atoms with Gasteiger partial charge in [0, 0.05) is 0 Å². The lowest BCUT2D eigenvalue weighted by atomic mass is 10.2. The van der Waals surface area contributed by atoms with Crippen LogP contribution in [0.25, 0.3) is 10.1 Å². The Kier molecular flexibility index (Phi) is 2.70. The molecule has 0 amide bonds. The van der Waals surface area contributed by atoms with Gasteiger partial charge in [0.25, 0.3) is 0 Å². The predicted octanol–water partition coefficient (Wildman–Crippen LogP) is 3.50. The number of aromatic carboxylic acids is 1. The zero-order valence-corrected chi connectivity index (χ0v) is 8.93. The third kappa shape index (κ3) is 2.50. The van der Waals surface area contributed by atoms with E-state index in [0.29, 0.717) is 5.39 Å². The molecule has 2 rings (SSSR count). The number of rotatable bonds is 2. The third-order valence-corrected chi connectivity index (χ3v) is 3.10. The van der Waals surface area contributed by atoms with E-state index in [2.05, 4.69) is 4.74 Å². The Hall–Kier alpha value is -1.76. The van der Waals surface area contributed by atoms with Gasteiger partial charge >= 0.3 is 12.3 Å². The Balaban J connectivity index is 2.53. The summed E-state index contributed by atoms with van der Waals surface area (Å²) < 4.78 is 40.3. The minimum absolute atomic E-state index is 0.0294. The van der Waals surface area contributed by atoms with Crippen molar-refractivity contribution in [2.75, 3.05) is 0 Å². The van der Waals surface area contributed by atoms with Crippen LogP contribution in [-0.4, -0.2) is 17.4 Å². The van der Waals surface area contributed by atoms with Crippen LogP contribution in [-0.2, 0) is 0 Å². The highest BCUT2D eigenvalue weighted by atomic mass is 32.1. The quantitative estimate of drug-likeness (QED) is 0.901.